The number of benzene rings is 1. The molecule has 0 unspecified atom stereocenters. The van der Waals surface area contributed by atoms with Crippen LogP contribution in [0, 0.1) is 0 Å². The zero-order valence-electron chi connectivity index (χ0n) is 10.2. The summed E-state index contributed by atoms with van der Waals surface area (Å²) in [6.45, 7) is 3.02. The Morgan fingerprint density at radius 2 is 1.89 bits per heavy atom. The van der Waals surface area contributed by atoms with Crippen LogP contribution >= 0.6 is 24.8 Å². The Hall–Kier alpha value is -1.14. The largest absolute Gasteiger partial charge is 0.342 e. The molecular formula is C12H16Cl2N4O. The Labute approximate surface area is 124 Å². The lowest BCUT2D eigenvalue weighted by Gasteiger charge is -2.24. The molecular weight excluding hydrogens is 287 g/mol. The SMILES string of the molecule is Cl.Cl.c1nc(-c2ccc([C@H]3CNCCN3)cc2)no1. The van der Waals surface area contributed by atoms with Crippen molar-refractivity contribution in [1.29, 1.82) is 0 Å². The third-order valence-corrected chi connectivity index (χ3v) is 2.97. The molecule has 1 aromatic carbocycles. The Bertz CT molecular complexity index is 469. The van der Waals surface area contributed by atoms with Gasteiger partial charge in [-0.2, -0.15) is 4.98 Å². The molecule has 104 valence electrons. The molecule has 1 saturated heterocycles. The van der Waals surface area contributed by atoms with Crippen molar-refractivity contribution in [2.45, 2.75) is 6.04 Å². The smallest absolute Gasteiger partial charge is 0.214 e. The van der Waals surface area contributed by atoms with Crippen molar-refractivity contribution >= 4 is 24.8 Å². The lowest BCUT2D eigenvalue weighted by atomic mass is 10.0. The highest BCUT2D eigenvalue weighted by Gasteiger charge is 2.14. The van der Waals surface area contributed by atoms with Gasteiger partial charge in [0.25, 0.3) is 0 Å². The first-order valence-electron chi connectivity index (χ1n) is 5.74. The number of rotatable bonds is 2. The Balaban J connectivity index is 0.000000902. The average molecular weight is 303 g/mol. The maximum absolute atomic E-state index is 4.73. The number of nitrogens with zero attached hydrogens (tertiary/aromatic N) is 2. The lowest BCUT2D eigenvalue weighted by Crippen LogP contribution is -2.42. The highest BCUT2D eigenvalue weighted by molar-refractivity contribution is 5.85. The molecule has 19 heavy (non-hydrogen) atoms. The third kappa shape index (κ3) is 3.67. The number of hydrogen-bond acceptors (Lipinski definition) is 5. The summed E-state index contributed by atoms with van der Waals surface area (Å²) in [4.78, 5) is 4.02. The summed E-state index contributed by atoms with van der Waals surface area (Å²) >= 11 is 0. The molecule has 0 bridgehead atoms. The molecule has 0 saturated carbocycles. The van der Waals surface area contributed by atoms with Crippen LogP contribution in [-0.4, -0.2) is 29.8 Å². The van der Waals surface area contributed by atoms with Crippen molar-refractivity contribution in [3.63, 3.8) is 0 Å². The van der Waals surface area contributed by atoms with Crippen molar-refractivity contribution < 1.29 is 4.52 Å². The van der Waals surface area contributed by atoms with Crippen LogP contribution < -0.4 is 10.6 Å². The second-order valence-corrected chi connectivity index (χ2v) is 4.09. The van der Waals surface area contributed by atoms with E-state index < -0.39 is 0 Å². The molecule has 1 fully saturated rings. The number of nitrogens with one attached hydrogen (secondary N) is 2. The van der Waals surface area contributed by atoms with E-state index in [0.717, 1.165) is 25.2 Å². The van der Waals surface area contributed by atoms with Gasteiger partial charge in [-0.25, -0.2) is 0 Å². The van der Waals surface area contributed by atoms with Crippen LogP contribution in [-0.2, 0) is 0 Å². The molecule has 1 aromatic heterocycles. The molecule has 0 radical (unpaired) electrons. The van der Waals surface area contributed by atoms with Crippen molar-refractivity contribution in [2.75, 3.05) is 19.6 Å². The van der Waals surface area contributed by atoms with Gasteiger partial charge >= 0.3 is 0 Å². The van der Waals surface area contributed by atoms with Crippen molar-refractivity contribution in [3.05, 3.63) is 36.2 Å². The molecule has 0 amide bonds. The fraction of sp³-hybridized carbons (Fsp3) is 0.333. The lowest BCUT2D eigenvalue weighted by molar-refractivity contribution is 0.418. The highest BCUT2D eigenvalue weighted by atomic mass is 35.5. The van der Waals surface area contributed by atoms with Crippen LogP contribution in [0.4, 0.5) is 0 Å². The van der Waals surface area contributed by atoms with Gasteiger partial charge in [-0.05, 0) is 5.56 Å². The first kappa shape index (κ1) is 15.9. The van der Waals surface area contributed by atoms with E-state index in [0.29, 0.717) is 11.9 Å². The standard InChI is InChI=1S/C12H14N4O.2ClH/c1-3-10(12-15-8-17-16-12)4-2-9(1)11-7-13-5-6-14-11;;/h1-4,8,11,13-14H,5-7H2;2*1H/t11-;;/m1../s1. The molecule has 0 spiro atoms. The second kappa shape index (κ2) is 7.45. The minimum Gasteiger partial charge on any atom is -0.342 e. The summed E-state index contributed by atoms with van der Waals surface area (Å²) in [5, 5.41) is 10.7. The molecule has 2 aromatic rings. The molecule has 1 atom stereocenters. The molecule has 5 nitrogen and oxygen atoms in total. The van der Waals surface area contributed by atoms with E-state index in [4.69, 9.17) is 4.52 Å². The Kier molecular flexibility index (Phi) is 6.24. The van der Waals surface area contributed by atoms with Gasteiger partial charge < -0.3 is 15.2 Å². The maximum atomic E-state index is 4.73. The number of hydrogen-bond donors (Lipinski definition) is 2. The number of halogens is 2. The summed E-state index contributed by atoms with van der Waals surface area (Å²) in [5.74, 6) is 0.631. The Morgan fingerprint density at radius 3 is 2.47 bits per heavy atom. The fourth-order valence-corrected chi connectivity index (χ4v) is 2.05. The molecule has 0 aliphatic carbocycles. The predicted octanol–water partition coefficient (Wildman–Crippen LogP) is 1.81. The second-order valence-electron chi connectivity index (χ2n) is 4.09. The number of piperazine rings is 1. The van der Waals surface area contributed by atoms with Crippen LogP contribution in [0.3, 0.4) is 0 Å². The van der Waals surface area contributed by atoms with Crippen LogP contribution in [0.5, 0.6) is 0 Å². The quantitative estimate of drug-likeness (QED) is 0.886. The van der Waals surface area contributed by atoms with Gasteiger partial charge in [-0.1, -0.05) is 29.4 Å². The zero-order valence-corrected chi connectivity index (χ0v) is 11.8. The van der Waals surface area contributed by atoms with Gasteiger partial charge in [0, 0.05) is 31.2 Å². The van der Waals surface area contributed by atoms with Gasteiger partial charge in [0.1, 0.15) is 0 Å². The molecule has 2 N–H and O–H groups in total. The zero-order chi connectivity index (χ0) is 11.5. The highest BCUT2D eigenvalue weighted by Crippen LogP contribution is 2.19. The molecule has 1 aliphatic heterocycles. The number of aromatic nitrogens is 2. The van der Waals surface area contributed by atoms with E-state index in [1.807, 2.05) is 12.1 Å². The summed E-state index contributed by atoms with van der Waals surface area (Å²) in [7, 11) is 0. The third-order valence-electron chi connectivity index (χ3n) is 2.97. The first-order valence-corrected chi connectivity index (χ1v) is 5.74. The molecule has 3 rings (SSSR count). The minimum atomic E-state index is 0. The van der Waals surface area contributed by atoms with Crippen LogP contribution in [0.1, 0.15) is 11.6 Å². The van der Waals surface area contributed by atoms with E-state index in [1.165, 1.54) is 12.0 Å². The average Bonchev–Trinajstić information content (AvgIpc) is 2.94. The topological polar surface area (TPSA) is 63.0 Å². The Morgan fingerprint density at radius 1 is 1.11 bits per heavy atom. The summed E-state index contributed by atoms with van der Waals surface area (Å²) in [5.41, 5.74) is 2.26. The van der Waals surface area contributed by atoms with E-state index in [1.54, 1.807) is 0 Å². The van der Waals surface area contributed by atoms with Gasteiger partial charge in [-0.3, -0.25) is 0 Å². The molecule has 2 heterocycles. The van der Waals surface area contributed by atoms with E-state index >= 15 is 0 Å². The van der Waals surface area contributed by atoms with Gasteiger partial charge in [0.05, 0.1) is 0 Å². The van der Waals surface area contributed by atoms with Crippen LogP contribution in [0.25, 0.3) is 11.4 Å². The van der Waals surface area contributed by atoms with Gasteiger partial charge in [0.2, 0.25) is 12.2 Å². The maximum Gasteiger partial charge on any atom is 0.214 e. The van der Waals surface area contributed by atoms with Crippen LogP contribution in [0.2, 0.25) is 0 Å². The molecule has 1 aliphatic rings. The normalized spacial score (nSPS) is 18.2. The van der Waals surface area contributed by atoms with E-state index in [-0.39, 0.29) is 24.8 Å². The van der Waals surface area contributed by atoms with Gasteiger partial charge in [0.15, 0.2) is 0 Å². The molecule has 7 heteroatoms. The summed E-state index contributed by atoms with van der Waals surface area (Å²) in [6.07, 6.45) is 1.34. The monoisotopic (exact) mass is 302 g/mol. The van der Waals surface area contributed by atoms with E-state index in [2.05, 4.69) is 32.9 Å². The summed E-state index contributed by atoms with van der Waals surface area (Å²) in [6, 6.07) is 8.66. The van der Waals surface area contributed by atoms with Crippen LogP contribution in [0.15, 0.2) is 35.2 Å². The van der Waals surface area contributed by atoms with Crippen molar-refractivity contribution in [1.82, 2.24) is 20.8 Å². The predicted molar refractivity (Wildman–Crippen MR) is 77.8 cm³/mol. The van der Waals surface area contributed by atoms with Crippen molar-refractivity contribution in [3.8, 4) is 11.4 Å². The van der Waals surface area contributed by atoms with Crippen molar-refractivity contribution in [2.24, 2.45) is 0 Å². The summed E-state index contributed by atoms with van der Waals surface area (Å²) < 4.78 is 4.73. The van der Waals surface area contributed by atoms with E-state index in [9.17, 15) is 0 Å². The van der Waals surface area contributed by atoms with Gasteiger partial charge in [-0.15, -0.1) is 24.8 Å². The minimum absolute atomic E-state index is 0. The fourth-order valence-electron chi connectivity index (χ4n) is 2.05. The first-order chi connectivity index (χ1) is 8.43.